The second kappa shape index (κ2) is 8.18. The number of hydrogen-bond acceptors (Lipinski definition) is 6. The molecule has 0 spiro atoms. The average molecular weight is 398 g/mol. The fourth-order valence-corrected chi connectivity index (χ4v) is 3.88. The van der Waals surface area contributed by atoms with Crippen molar-refractivity contribution in [2.75, 3.05) is 23.7 Å². The van der Waals surface area contributed by atoms with E-state index in [-0.39, 0.29) is 28.1 Å². The van der Waals surface area contributed by atoms with E-state index in [9.17, 15) is 10.5 Å². The van der Waals surface area contributed by atoms with E-state index in [2.05, 4.69) is 16.0 Å². The molecule has 1 aliphatic rings. The molecule has 0 amide bonds. The standard InChI is InChI=1S/C23H19FN6/c24-21-16(15-6-5-9-28-14-15)7-4-8-17(21)20-18(12-25)22(27)29-23(19(20)13-26)30-10-2-1-3-11-30/h4-9,14H,1-3,10-11H2,(H2,27,29). The molecule has 0 radical (unpaired) electrons. The molecule has 1 saturated heterocycles. The first kappa shape index (κ1) is 19.4. The predicted molar refractivity (Wildman–Crippen MR) is 113 cm³/mol. The number of anilines is 2. The summed E-state index contributed by atoms with van der Waals surface area (Å²) in [6.45, 7) is 1.48. The van der Waals surface area contributed by atoms with E-state index in [1.165, 1.54) is 0 Å². The molecule has 6 nitrogen and oxygen atoms in total. The van der Waals surface area contributed by atoms with Gasteiger partial charge >= 0.3 is 0 Å². The van der Waals surface area contributed by atoms with Gasteiger partial charge in [-0.15, -0.1) is 0 Å². The number of nitriles is 2. The number of benzene rings is 1. The van der Waals surface area contributed by atoms with Crippen molar-refractivity contribution in [2.45, 2.75) is 19.3 Å². The van der Waals surface area contributed by atoms with Gasteiger partial charge in [0.1, 0.15) is 40.7 Å². The Balaban J connectivity index is 1.98. The second-order valence-corrected chi connectivity index (χ2v) is 7.13. The van der Waals surface area contributed by atoms with E-state index in [4.69, 9.17) is 5.73 Å². The summed E-state index contributed by atoms with van der Waals surface area (Å²) in [6, 6.07) is 12.6. The van der Waals surface area contributed by atoms with Crippen molar-refractivity contribution in [3.63, 3.8) is 0 Å². The van der Waals surface area contributed by atoms with Gasteiger partial charge in [0.15, 0.2) is 0 Å². The summed E-state index contributed by atoms with van der Waals surface area (Å²) in [4.78, 5) is 10.4. The highest BCUT2D eigenvalue weighted by atomic mass is 19.1. The maximum Gasteiger partial charge on any atom is 0.149 e. The molecular formula is C23H19FN6. The van der Waals surface area contributed by atoms with Gasteiger partial charge < -0.3 is 10.6 Å². The molecule has 1 aromatic carbocycles. The first-order valence-electron chi connectivity index (χ1n) is 9.73. The zero-order valence-corrected chi connectivity index (χ0v) is 16.3. The lowest BCUT2D eigenvalue weighted by atomic mass is 9.92. The van der Waals surface area contributed by atoms with Crippen LogP contribution in [0.3, 0.4) is 0 Å². The maximum atomic E-state index is 15.7. The van der Waals surface area contributed by atoms with Crippen LogP contribution in [-0.2, 0) is 0 Å². The van der Waals surface area contributed by atoms with Crippen LogP contribution in [0.25, 0.3) is 22.3 Å². The summed E-state index contributed by atoms with van der Waals surface area (Å²) >= 11 is 0. The SMILES string of the molecule is N#Cc1c(N)nc(N2CCCCC2)c(C#N)c1-c1cccc(-c2cccnc2)c1F. The quantitative estimate of drug-likeness (QED) is 0.707. The van der Waals surface area contributed by atoms with E-state index < -0.39 is 5.82 Å². The molecule has 3 aromatic rings. The Bertz CT molecular complexity index is 1170. The summed E-state index contributed by atoms with van der Waals surface area (Å²) < 4.78 is 15.7. The van der Waals surface area contributed by atoms with Gasteiger partial charge in [-0.05, 0) is 25.3 Å². The minimum Gasteiger partial charge on any atom is -0.383 e. The largest absolute Gasteiger partial charge is 0.383 e. The van der Waals surface area contributed by atoms with Gasteiger partial charge in [0, 0.05) is 47.7 Å². The van der Waals surface area contributed by atoms with Crippen molar-refractivity contribution in [1.82, 2.24) is 9.97 Å². The van der Waals surface area contributed by atoms with E-state index in [1.54, 1.807) is 42.7 Å². The normalized spacial score (nSPS) is 13.5. The molecule has 1 aliphatic heterocycles. The average Bonchev–Trinajstić information content (AvgIpc) is 2.79. The lowest BCUT2D eigenvalue weighted by molar-refractivity contribution is 0.573. The fourth-order valence-electron chi connectivity index (χ4n) is 3.88. The van der Waals surface area contributed by atoms with Crippen LogP contribution in [0.2, 0.25) is 0 Å². The summed E-state index contributed by atoms with van der Waals surface area (Å²) in [6.07, 6.45) is 6.25. The third-order valence-corrected chi connectivity index (χ3v) is 5.33. The number of nitrogens with zero attached hydrogens (tertiary/aromatic N) is 5. The summed E-state index contributed by atoms with van der Waals surface area (Å²) in [5, 5.41) is 19.7. The molecule has 4 rings (SSSR count). The minimum absolute atomic E-state index is 0.00162. The lowest BCUT2D eigenvalue weighted by Crippen LogP contribution is -2.31. The number of nitrogens with two attached hydrogens (primary N) is 1. The molecule has 1 fully saturated rings. The zero-order valence-electron chi connectivity index (χ0n) is 16.3. The highest BCUT2D eigenvalue weighted by Gasteiger charge is 2.26. The lowest BCUT2D eigenvalue weighted by Gasteiger charge is -2.29. The second-order valence-electron chi connectivity index (χ2n) is 7.13. The highest BCUT2D eigenvalue weighted by molar-refractivity contribution is 5.87. The first-order chi connectivity index (χ1) is 14.7. The summed E-state index contributed by atoms with van der Waals surface area (Å²) in [7, 11) is 0. The van der Waals surface area contributed by atoms with Crippen molar-refractivity contribution >= 4 is 11.6 Å². The molecule has 0 bridgehead atoms. The zero-order chi connectivity index (χ0) is 21.1. The molecule has 2 aromatic heterocycles. The Morgan fingerprint density at radius 3 is 2.37 bits per heavy atom. The number of halogens is 1. The van der Waals surface area contributed by atoms with Crippen LogP contribution in [0.1, 0.15) is 30.4 Å². The molecule has 0 atom stereocenters. The Labute approximate surface area is 174 Å². The van der Waals surface area contributed by atoms with Gasteiger partial charge in [-0.1, -0.05) is 24.3 Å². The summed E-state index contributed by atoms with van der Waals surface area (Å²) in [5.41, 5.74) is 7.56. The van der Waals surface area contributed by atoms with E-state index in [0.717, 1.165) is 32.4 Å². The van der Waals surface area contributed by atoms with Crippen LogP contribution in [0.5, 0.6) is 0 Å². The fraction of sp³-hybridized carbons (Fsp3) is 0.217. The first-order valence-corrected chi connectivity index (χ1v) is 9.73. The molecule has 3 heterocycles. The molecule has 30 heavy (non-hydrogen) atoms. The molecule has 0 aliphatic carbocycles. The number of nitrogen functional groups attached to an aromatic ring is 1. The maximum absolute atomic E-state index is 15.7. The minimum atomic E-state index is -0.534. The Morgan fingerprint density at radius 2 is 1.70 bits per heavy atom. The van der Waals surface area contributed by atoms with Gasteiger partial charge in [0.05, 0.1) is 0 Å². The van der Waals surface area contributed by atoms with Crippen molar-refractivity contribution < 1.29 is 4.39 Å². The third kappa shape index (κ3) is 3.31. The van der Waals surface area contributed by atoms with Crippen LogP contribution < -0.4 is 10.6 Å². The number of piperidine rings is 1. The third-order valence-electron chi connectivity index (χ3n) is 5.33. The van der Waals surface area contributed by atoms with Gasteiger partial charge in [0.25, 0.3) is 0 Å². The molecule has 2 N–H and O–H groups in total. The molecule has 0 unspecified atom stereocenters. The van der Waals surface area contributed by atoms with Crippen molar-refractivity contribution in [1.29, 1.82) is 10.5 Å². The number of hydrogen-bond donors (Lipinski definition) is 1. The molecule has 0 saturated carbocycles. The highest BCUT2D eigenvalue weighted by Crippen LogP contribution is 2.39. The van der Waals surface area contributed by atoms with Gasteiger partial charge in [0.2, 0.25) is 0 Å². The van der Waals surface area contributed by atoms with Crippen LogP contribution in [0.4, 0.5) is 16.0 Å². The number of aromatic nitrogens is 2. The van der Waals surface area contributed by atoms with Crippen molar-refractivity contribution in [3.8, 4) is 34.4 Å². The molecule has 148 valence electrons. The van der Waals surface area contributed by atoms with Crippen LogP contribution in [0.15, 0.2) is 42.7 Å². The predicted octanol–water partition coefficient (Wildman–Crippen LogP) is 4.27. The van der Waals surface area contributed by atoms with Gasteiger partial charge in [-0.3, -0.25) is 4.98 Å². The molecular weight excluding hydrogens is 379 g/mol. The topological polar surface area (TPSA) is 103 Å². The van der Waals surface area contributed by atoms with Crippen LogP contribution in [-0.4, -0.2) is 23.1 Å². The number of rotatable bonds is 3. The van der Waals surface area contributed by atoms with E-state index in [0.29, 0.717) is 16.9 Å². The monoisotopic (exact) mass is 398 g/mol. The summed E-state index contributed by atoms with van der Waals surface area (Å²) in [5.74, 6) is -0.123. The van der Waals surface area contributed by atoms with Gasteiger partial charge in [-0.25, -0.2) is 9.37 Å². The van der Waals surface area contributed by atoms with Crippen molar-refractivity contribution in [2.24, 2.45) is 0 Å². The van der Waals surface area contributed by atoms with Crippen LogP contribution >= 0.6 is 0 Å². The Kier molecular flexibility index (Phi) is 5.28. The smallest absolute Gasteiger partial charge is 0.149 e. The number of pyridine rings is 2. The Morgan fingerprint density at radius 1 is 0.967 bits per heavy atom. The van der Waals surface area contributed by atoms with E-state index >= 15 is 4.39 Å². The molecule has 7 heteroatoms. The Hall–Kier alpha value is -3.97. The van der Waals surface area contributed by atoms with Gasteiger partial charge in [-0.2, -0.15) is 10.5 Å². The van der Waals surface area contributed by atoms with E-state index in [1.807, 2.05) is 11.0 Å². The van der Waals surface area contributed by atoms with Crippen molar-refractivity contribution in [3.05, 3.63) is 59.7 Å². The van der Waals surface area contributed by atoms with Crippen LogP contribution in [0, 0.1) is 28.5 Å².